The molecule has 1 N–H and O–H groups in total. The predicted molar refractivity (Wildman–Crippen MR) is 73.8 cm³/mol. The average Bonchev–Trinajstić information content (AvgIpc) is 2.36. The number of ether oxygens (including phenoxy) is 1. The van der Waals surface area contributed by atoms with Gasteiger partial charge in [-0.2, -0.15) is 0 Å². The summed E-state index contributed by atoms with van der Waals surface area (Å²) in [5, 5.41) is 3.11. The summed E-state index contributed by atoms with van der Waals surface area (Å²) in [6.45, 7) is 9.23. The second-order valence-corrected chi connectivity index (χ2v) is 4.50. The third-order valence-electron chi connectivity index (χ3n) is 2.52. The van der Waals surface area contributed by atoms with Gasteiger partial charge < -0.3 is 10.1 Å². The van der Waals surface area contributed by atoms with E-state index < -0.39 is 0 Å². The van der Waals surface area contributed by atoms with E-state index in [1.165, 1.54) is 0 Å². The van der Waals surface area contributed by atoms with E-state index in [2.05, 4.69) is 35.7 Å². The average molecular weight is 249 g/mol. The molecule has 0 fully saturated rings. The minimum atomic E-state index is 0.329. The van der Waals surface area contributed by atoms with Crippen molar-refractivity contribution in [3.05, 3.63) is 30.4 Å². The Labute approximate surface area is 109 Å². The van der Waals surface area contributed by atoms with Crippen molar-refractivity contribution in [1.82, 2.24) is 15.3 Å². The van der Waals surface area contributed by atoms with Gasteiger partial charge in [-0.05, 0) is 19.9 Å². The molecular weight excluding hydrogens is 226 g/mol. The molecule has 0 unspecified atom stereocenters. The lowest BCUT2D eigenvalue weighted by Crippen LogP contribution is -2.12. The first-order valence-corrected chi connectivity index (χ1v) is 6.43. The fourth-order valence-electron chi connectivity index (χ4n) is 1.52. The summed E-state index contributed by atoms with van der Waals surface area (Å²) in [7, 11) is 1.90. The molecule has 0 amide bonds. The molecular formula is C14H23N3O. The van der Waals surface area contributed by atoms with Gasteiger partial charge in [0.1, 0.15) is 5.82 Å². The molecule has 0 radical (unpaired) electrons. The van der Waals surface area contributed by atoms with E-state index in [0.717, 1.165) is 30.1 Å². The molecule has 0 bridgehead atoms. The fraction of sp³-hybridized carbons (Fsp3) is 0.571. The first-order chi connectivity index (χ1) is 8.69. The zero-order valence-electron chi connectivity index (χ0n) is 11.6. The number of nitrogens with one attached hydrogen (secondary N) is 1. The van der Waals surface area contributed by atoms with Gasteiger partial charge in [0, 0.05) is 12.5 Å². The number of unbranched alkanes of at least 4 members (excludes halogenated alkanes) is 1. The molecule has 4 heteroatoms. The van der Waals surface area contributed by atoms with Gasteiger partial charge in [-0.3, -0.25) is 0 Å². The molecule has 1 aromatic rings. The minimum Gasteiger partial charge on any atom is -0.490 e. The molecule has 0 spiro atoms. The fourth-order valence-corrected chi connectivity index (χ4v) is 1.52. The zero-order valence-corrected chi connectivity index (χ0v) is 11.6. The largest absolute Gasteiger partial charge is 0.490 e. The summed E-state index contributed by atoms with van der Waals surface area (Å²) in [5.41, 5.74) is 0.926. The molecule has 4 nitrogen and oxygen atoms in total. The number of hydrogen-bond acceptors (Lipinski definition) is 4. The van der Waals surface area contributed by atoms with Crippen molar-refractivity contribution in [1.29, 1.82) is 0 Å². The summed E-state index contributed by atoms with van der Waals surface area (Å²) in [5.74, 6) is 1.96. The molecule has 0 saturated carbocycles. The number of aromatic nitrogens is 2. The second kappa shape index (κ2) is 7.82. The van der Waals surface area contributed by atoms with Crippen molar-refractivity contribution in [3.8, 4) is 5.75 Å². The standard InChI is InChI=1S/C14H23N3O/c1-5-6-7-8-18-13-10-16-14(11(2)3)17-12(13)9-15-4/h5,10-11,15H,1,6-9H2,2-4H3. The van der Waals surface area contributed by atoms with Crippen molar-refractivity contribution in [2.75, 3.05) is 13.7 Å². The van der Waals surface area contributed by atoms with Crippen LogP contribution in [0.4, 0.5) is 0 Å². The van der Waals surface area contributed by atoms with Crippen LogP contribution in [0.15, 0.2) is 18.9 Å². The van der Waals surface area contributed by atoms with Crippen LogP contribution in [0.1, 0.15) is 44.1 Å². The normalized spacial score (nSPS) is 10.7. The van der Waals surface area contributed by atoms with E-state index >= 15 is 0 Å². The van der Waals surface area contributed by atoms with E-state index in [1.54, 1.807) is 6.20 Å². The zero-order chi connectivity index (χ0) is 13.4. The molecule has 0 saturated heterocycles. The molecule has 0 atom stereocenters. The van der Waals surface area contributed by atoms with Crippen molar-refractivity contribution in [2.45, 2.75) is 39.2 Å². The van der Waals surface area contributed by atoms with Crippen LogP contribution < -0.4 is 10.1 Å². The van der Waals surface area contributed by atoms with Gasteiger partial charge in [0.25, 0.3) is 0 Å². The van der Waals surface area contributed by atoms with Gasteiger partial charge >= 0.3 is 0 Å². The van der Waals surface area contributed by atoms with Crippen molar-refractivity contribution in [2.24, 2.45) is 0 Å². The van der Waals surface area contributed by atoms with Crippen LogP contribution in [0.25, 0.3) is 0 Å². The summed E-state index contributed by atoms with van der Waals surface area (Å²) >= 11 is 0. The maximum absolute atomic E-state index is 5.71. The Hall–Kier alpha value is -1.42. The van der Waals surface area contributed by atoms with Crippen LogP contribution in [0, 0.1) is 0 Å². The van der Waals surface area contributed by atoms with Crippen LogP contribution >= 0.6 is 0 Å². The molecule has 1 aromatic heterocycles. The summed E-state index contributed by atoms with van der Waals surface area (Å²) in [6.07, 6.45) is 5.61. The van der Waals surface area contributed by atoms with E-state index in [-0.39, 0.29) is 0 Å². The molecule has 0 aliphatic heterocycles. The van der Waals surface area contributed by atoms with E-state index in [1.807, 2.05) is 13.1 Å². The Morgan fingerprint density at radius 3 is 2.89 bits per heavy atom. The van der Waals surface area contributed by atoms with Crippen molar-refractivity contribution < 1.29 is 4.74 Å². The maximum atomic E-state index is 5.71. The summed E-state index contributed by atoms with van der Waals surface area (Å²) in [6, 6.07) is 0. The quantitative estimate of drug-likeness (QED) is 0.568. The van der Waals surface area contributed by atoms with Crippen LogP contribution in [-0.2, 0) is 6.54 Å². The van der Waals surface area contributed by atoms with Crippen molar-refractivity contribution in [3.63, 3.8) is 0 Å². The Morgan fingerprint density at radius 2 is 2.28 bits per heavy atom. The highest BCUT2D eigenvalue weighted by Crippen LogP contribution is 2.18. The molecule has 0 aromatic carbocycles. The number of rotatable bonds is 8. The first-order valence-electron chi connectivity index (χ1n) is 6.43. The topological polar surface area (TPSA) is 47.0 Å². The number of hydrogen-bond donors (Lipinski definition) is 1. The summed E-state index contributed by atoms with van der Waals surface area (Å²) < 4.78 is 5.71. The molecule has 0 aliphatic rings. The Kier molecular flexibility index (Phi) is 6.36. The third kappa shape index (κ3) is 4.45. The maximum Gasteiger partial charge on any atom is 0.160 e. The van der Waals surface area contributed by atoms with Crippen molar-refractivity contribution >= 4 is 0 Å². The number of nitrogens with zero attached hydrogens (tertiary/aromatic N) is 2. The lowest BCUT2D eigenvalue weighted by Gasteiger charge is -2.12. The highest BCUT2D eigenvalue weighted by atomic mass is 16.5. The monoisotopic (exact) mass is 249 g/mol. The van der Waals surface area contributed by atoms with Gasteiger partial charge in [0.15, 0.2) is 5.75 Å². The second-order valence-electron chi connectivity index (χ2n) is 4.50. The first kappa shape index (κ1) is 14.6. The Bertz CT molecular complexity index is 377. The lowest BCUT2D eigenvalue weighted by molar-refractivity contribution is 0.304. The molecule has 100 valence electrons. The molecule has 1 rings (SSSR count). The molecule has 0 aliphatic carbocycles. The van der Waals surface area contributed by atoms with E-state index in [9.17, 15) is 0 Å². The van der Waals surface area contributed by atoms with Crippen LogP contribution in [0.2, 0.25) is 0 Å². The van der Waals surface area contributed by atoms with Gasteiger partial charge in [-0.1, -0.05) is 19.9 Å². The lowest BCUT2D eigenvalue weighted by atomic mass is 10.2. The smallest absolute Gasteiger partial charge is 0.160 e. The van der Waals surface area contributed by atoms with Crippen LogP contribution in [0.3, 0.4) is 0 Å². The van der Waals surface area contributed by atoms with E-state index in [0.29, 0.717) is 19.1 Å². The third-order valence-corrected chi connectivity index (χ3v) is 2.52. The molecule has 18 heavy (non-hydrogen) atoms. The number of allylic oxidation sites excluding steroid dienone is 1. The Balaban J connectivity index is 2.72. The van der Waals surface area contributed by atoms with Gasteiger partial charge in [-0.15, -0.1) is 6.58 Å². The highest BCUT2D eigenvalue weighted by Gasteiger charge is 2.10. The van der Waals surface area contributed by atoms with Gasteiger partial charge in [0.05, 0.1) is 18.5 Å². The summed E-state index contributed by atoms with van der Waals surface area (Å²) in [4.78, 5) is 8.88. The van der Waals surface area contributed by atoms with Crippen LogP contribution in [0.5, 0.6) is 5.75 Å². The predicted octanol–water partition coefficient (Wildman–Crippen LogP) is 2.66. The van der Waals surface area contributed by atoms with Gasteiger partial charge in [0.2, 0.25) is 0 Å². The minimum absolute atomic E-state index is 0.329. The SMILES string of the molecule is C=CCCCOc1cnc(C(C)C)nc1CNC. The van der Waals surface area contributed by atoms with E-state index in [4.69, 9.17) is 4.74 Å². The van der Waals surface area contributed by atoms with Crippen LogP contribution in [-0.4, -0.2) is 23.6 Å². The highest BCUT2D eigenvalue weighted by molar-refractivity contribution is 5.25. The van der Waals surface area contributed by atoms with Gasteiger partial charge in [-0.25, -0.2) is 9.97 Å². The molecule has 1 heterocycles. The Morgan fingerprint density at radius 1 is 1.50 bits per heavy atom.